The Labute approximate surface area is 161 Å². The molecule has 27 heavy (non-hydrogen) atoms. The lowest BCUT2D eigenvalue weighted by Gasteiger charge is -2.17. The number of fused-ring (bicyclic) bond motifs is 1. The van der Waals surface area contributed by atoms with Crippen molar-refractivity contribution in [3.63, 3.8) is 0 Å². The number of hydrogen-bond donors (Lipinski definition) is 2. The second-order valence-electron chi connectivity index (χ2n) is 6.19. The fourth-order valence-corrected chi connectivity index (χ4v) is 3.08. The summed E-state index contributed by atoms with van der Waals surface area (Å²) in [5.74, 6) is -1.15. The van der Waals surface area contributed by atoms with Crippen molar-refractivity contribution in [3.05, 3.63) is 70.8 Å². The molecule has 0 saturated carbocycles. The lowest BCUT2D eigenvalue weighted by atomic mass is 10.1. The van der Waals surface area contributed by atoms with Crippen LogP contribution in [0.2, 0.25) is 5.02 Å². The van der Waals surface area contributed by atoms with Crippen LogP contribution in [0.3, 0.4) is 0 Å². The number of anilines is 1. The van der Waals surface area contributed by atoms with Gasteiger partial charge in [0.15, 0.2) is 0 Å². The fourth-order valence-electron chi connectivity index (χ4n) is 2.80. The molecule has 7 heteroatoms. The molecule has 3 amide bonds. The maximum atomic E-state index is 12.4. The van der Waals surface area contributed by atoms with Crippen LogP contribution in [-0.2, 0) is 9.59 Å². The van der Waals surface area contributed by atoms with Gasteiger partial charge in [0.05, 0.1) is 17.3 Å². The Hall–Kier alpha value is -3.12. The van der Waals surface area contributed by atoms with Gasteiger partial charge in [-0.25, -0.2) is 0 Å². The molecule has 1 aliphatic rings. The summed E-state index contributed by atoms with van der Waals surface area (Å²) in [6, 6.07) is 12.3. The first kappa shape index (κ1) is 18.7. The van der Waals surface area contributed by atoms with Crippen molar-refractivity contribution in [2.75, 3.05) is 18.4 Å². The maximum Gasteiger partial charge on any atom is 0.259 e. The fraction of sp³-hybridized carbons (Fsp3) is 0.150. The van der Waals surface area contributed by atoms with E-state index < -0.39 is 11.8 Å². The number of hydrogen-bond acceptors (Lipinski definition) is 3. The summed E-state index contributed by atoms with van der Waals surface area (Å²) in [7, 11) is 0. The van der Waals surface area contributed by atoms with Gasteiger partial charge in [0.2, 0.25) is 11.8 Å². The van der Waals surface area contributed by atoms with Crippen LogP contribution < -0.4 is 10.6 Å². The molecule has 0 bridgehead atoms. The molecule has 0 atom stereocenters. The first-order chi connectivity index (χ1) is 12.9. The zero-order valence-electron chi connectivity index (χ0n) is 14.7. The molecule has 0 fully saturated rings. The van der Waals surface area contributed by atoms with E-state index in [4.69, 9.17) is 11.6 Å². The molecule has 0 aliphatic carbocycles. The molecule has 2 aromatic carbocycles. The summed E-state index contributed by atoms with van der Waals surface area (Å²) >= 11 is 6.07. The van der Waals surface area contributed by atoms with E-state index in [1.807, 2.05) is 13.0 Å². The predicted molar refractivity (Wildman–Crippen MR) is 104 cm³/mol. The Kier molecular flexibility index (Phi) is 5.28. The van der Waals surface area contributed by atoms with Gasteiger partial charge in [-0.3, -0.25) is 19.3 Å². The third-order valence-corrected chi connectivity index (χ3v) is 4.50. The van der Waals surface area contributed by atoms with E-state index in [0.29, 0.717) is 27.5 Å². The largest absolute Gasteiger partial charge is 0.345 e. The number of nitrogens with zero attached hydrogens (tertiary/aromatic N) is 1. The van der Waals surface area contributed by atoms with E-state index >= 15 is 0 Å². The van der Waals surface area contributed by atoms with Gasteiger partial charge in [-0.05, 0) is 30.7 Å². The van der Waals surface area contributed by atoms with Crippen LogP contribution >= 0.6 is 11.6 Å². The Balaban J connectivity index is 1.54. The summed E-state index contributed by atoms with van der Waals surface area (Å²) in [6.45, 7) is 5.34. The van der Waals surface area contributed by atoms with Crippen molar-refractivity contribution in [2.45, 2.75) is 6.92 Å². The summed E-state index contributed by atoms with van der Waals surface area (Å²) < 4.78 is 0. The quantitative estimate of drug-likeness (QED) is 0.833. The average Bonchev–Trinajstić information content (AvgIpc) is 2.88. The second-order valence-corrected chi connectivity index (χ2v) is 6.60. The average molecular weight is 384 g/mol. The van der Waals surface area contributed by atoms with Gasteiger partial charge in [-0.2, -0.15) is 0 Å². The first-order valence-electron chi connectivity index (χ1n) is 8.29. The van der Waals surface area contributed by atoms with Crippen LogP contribution in [0.4, 0.5) is 5.69 Å². The number of halogens is 1. The Bertz CT molecular complexity index is 920. The van der Waals surface area contributed by atoms with E-state index in [9.17, 15) is 14.4 Å². The van der Waals surface area contributed by atoms with E-state index in [1.165, 1.54) is 4.90 Å². The highest BCUT2D eigenvalue weighted by Gasteiger charge is 2.31. The Morgan fingerprint density at radius 1 is 1.11 bits per heavy atom. The number of benzene rings is 2. The topological polar surface area (TPSA) is 78.5 Å². The molecule has 0 aromatic heterocycles. The van der Waals surface area contributed by atoms with Gasteiger partial charge in [0.25, 0.3) is 5.91 Å². The van der Waals surface area contributed by atoms with E-state index in [2.05, 4.69) is 17.2 Å². The van der Waals surface area contributed by atoms with Crippen molar-refractivity contribution >= 4 is 40.7 Å². The van der Waals surface area contributed by atoms with Gasteiger partial charge in [-0.1, -0.05) is 42.4 Å². The molecular weight excluding hydrogens is 366 g/mol. The number of amides is 3. The minimum atomic E-state index is -0.456. The minimum absolute atomic E-state index is 0.203. The summed E-state index contributed by atoms with van der Waals surface area (Å²) in [4.78, 5) is 37.9. The van der Waals surface area contributed by atoms with Crippen molar-refractivity contribution in [1.82, 2.24) is 10.2 Å². The van der Waals surface area contributed by atoms with Crippen LogP contribution in [0, 0.1) is 6.92 Å². The lowest BCUT2D eigenvalue weighted by molar-refractivity contribution is -0.124. The zero-order valence-corrected chi connectivity index (χ0v) is 15.5. The van der Waals surface area contributed by atoms with Crippen LogP contribution in [0.1, 0.15) is 21.5 Å². The second kappa shape index (κ2) is 7.63. The van der Waals surface area contributed by atoms with Gasteiger partial charge >= 0.3 is 0 Å². The smallest absolute Gasteiger partial charge is 0.259 e. The third kappa shape index (κ3) is 4.01. The molecule has 0 unspecified atom stereocenters. The van der Waals surface area contributed by atoms with Gasteiger partial charge in [0.1, 0.15) is 6.54 Å². The van der Waals surface area contributed by atoms with Gasteiger partial charge in [0, 0.05) is 16.8 Å². The molecule has 2 N–H and O–H groups in total. The molecule has 2 aromatic rings. The maximum absolute atomic E-state index is 12.4. The number of aryl methyl sites for hydroxylation is 1. The van der Waals surface area contributed by atoms with E-state index in [0.717, 1.165) is 5.56 Å². The molecule has 1 heterocycles. The molecular formula is C20H18ClN3O3. The summed E-state index contributed by atoms with van der Waals surface area (Å²) in [5.41, 5.74) is 3.15. The van der Waals surface area contributed by atoms with E-state index in [1.54, 1.807) is 36.4 Å². The Morgan fingerprint density at radius 2 is 1.81 bits per heavy atom. The standard InChI is InChI=1S/C20H18ClN3O3/c1-12-7-8-17(16(21)9-12)23-18(25)10-22-19(26)11-24-13(2)14-5-3-4-6-15(14)20(24)27/h3-9H,2,10-11H2,1H3,(H,22,26)(H,23,25). The highest BCUT2D eigenvalue weighted by atomic mass is 35.5. The number of carbonyl (C=O) groups is 3. The predicted octanol–water partition coefficient (Wildman–Crippen LogP) is 2.83. The molecule has 0 radical (unpaired) electrons. The molecule has 0 spiro atoms. The highest BCUT2D eigenvalue weighted by molar-refractivity contribution is 6.33. The summed E-state index contributed by atoms with van der Waals surface area (Å²) in [6.07, 6.45) is 0. The van der Waals surface area contributed by atoms with Crippen LogP contribution in [0.25, 0.3) is 5.70 Å². The molecule has 1 aliphatic heterocycles. The molecule has 0 saturated heterocycles. The van der Waals surface area contributed by atoms with Crippen LogP contribution in [-0.4, -0.2) is 35.7 Å². The van der Waals surface area contributed by atoms with E-state index in [-0.39, 0.29) is 19.0 Å². The number of carbonyl (C=O) groups excluding carboxylic acids is 3. The SMILES string of the molecule is C=C1c2ccccc2C(=O)N1CC(=O)NCC(=O)Nc1ccc(C)cc1Cl. The van der Waals surface area contributed by atoms with Crippen LogP contribution in [0.5, 0.6) is 0 Å². The monoisotopic (exact) mass is 383 g/mol. The summed E-state index contributed by atoms with van der Waals surface area (Å²) in [5, 5.41) is 5.56. The zero-order chi connectivity index (χ0) is 19.6. The normalized spacial score (nSPS) is 12.7. The van der Waals surface area contributed by atoms with Crippen molar-refractivity contribution in [3.8, 4) is 0 Å². The van der Waals surface area contributed by atoms with Crippen molar-refractivity contribution < 1.29 is 14.4 Å². The Morgan fingerprint density at radius 3 is 2.48 bits per heavy atom. The number of rotatable bonds is 5. The molecule has 138 valence electrons. The molecule has 6 nitrogen and oxygen atoms in total. The highest BCUT2D eigenvalue weighted by Crippen LogP contribution is 2.30. The van der Waals surface area contributed by atoms with Crippen molar-refractivity contribution in [2.24, 2.45) is 0 Å². The lowest BCUT2D eigenvalue weighted by Crippen LogP contribution is -2.40. The third-order valence-electron chi connectivity index (χ3n) is 4.19. The van der Waals surface area contributed by atoms with Crippen molar-refractivity contribution in [1.29, 1.82) is 0 Å². The number of nitrogens with one attached hydrogen (secondary N) is 2. The van der Waals surface area contributed by atoms with Crippen LogP contribution in [0.15, 0.2) is 49.0 Å². The van der Waals surface area contributed by atoms with Gasteiger partial charge in [-0.15, -0.1) is 0 Å². The minimum Gasteiger partial charge on any atom is -0.345 e. The molecule has 3 rings (SSSR count). The van der Waals surface area contributed by atoms with Gasteiger partial charge < -0.3 is 10.6 Å². The first-order valence-corrected chi connectivity index (χ1v) is 8.67.